The quantitative estimate of drug-likeness (QED) is 0.302. The van der Waals surface area contributed by atoms with Crippen LogP contribution in [0.5, 0.6) is 5.75 Å². The molecule has 0 bridgehead atoms. The average molecular weight is 516 g/mol. The minimum atomic E-state index is -4.77. The molecule has 0 amide bonds. The zero-order chi connectivity index (χ0) is 27.2. The van der Waals surface area contributed by atoms with Crippen LogP contribution in [0.4, 0.5) is 23.2 Å². The molecule has 0 saturated heterocycles. The minimum absolute atomic E-state index is 0.0578. The first kappa shape index (κ1) is 27.4. The molecule has 0 unspecified atom stereocenters. The summed E-state index contributed by atoms with van der Waals surface area (Å²) in [6.45, 7) is 1.89. The van der Waals surface area contributed by atoms with E-state index >= 15 is 0 Å². The maximum absolute atomic E-state index is 14.2. The van der Waals surface area contributed by atoms with Crippen LogP contribution in [0.25, 0.3) is 0 Å². The van der Waals surface area contributed by atoms with Crippen LogP contribution in [0.3, 0.4) is 0 Å². The average Bonchev–Trinajstić information content (AvgIpc) is 3.22. The van der Waals surface area contributed by atoms with Gasteiger partial charge in [0, 0.05) is 30.4 Å². The fourth-order valence-corrected chi connectivity index (χ4v) is 3.44. The van der Waals surface area contributed by atoms with Crippen LogP contribution in [0, 0.1) is 17.1 Å². The van der Waals surface area contributed by atoms with E-state index in [4.69, 9.17) is 20.5 Å². The molecule has 0 fully saturated rings. The molecule has 3 aromatic rings. The number of nitriles is 1. The number of allylic oxidation sites excluding steroid dienone is 2. The first-order chi connectivity index (χ1) is 17.5. The lowest BCUT2D eigenvalue weighted by Crippen LogP contribution is -2.21. The summed E-state index contributed by atoms with van der Waals surface area (Å²) >= 11 is 0. The molecular formula is C26H25F4N5O2. The number of methoxy groups -OCH3 is 1. The van der Waals surface area contributed by atoms with E-state index in [1.807, 2.05) is 18.2 Å². The van der Waals surface area contributed by atoms with Gasteiger partial charge in [-0.15, -0.1) is 0 Å². The van der Waals surface area contributed by atoms with E-state index < -0.39 is 23.8 Å². The van der Waals surface area contributed by atoms with Gasteiger partial charge in [-0.3, -0.25) is 9.67 Å². The highest BCUT2D eigenvalue weighted by Crippen LogP contribution is 2.31. The molecule has 194 valence electrons. The predicted molar refractivity (Wildman–Crippen MR) is 130 cm³/mol. The lowest BCUT2D eigenvalue weighted by molar-refractivity contribution is -0.0925. The number of benzene rings is 2. The molecule has 0 radical (unpaired) electrons. The fourth-order valence-electron chi connectivity index (χ4n) is 3.44. The minimum Gasteiger partial charge on any atom is -0.497 e. The Morgan fingerprint density at radius 3 is 2.51 bits per heavy atom. The molecular weight excluding hydrogens is 490 g/mol. The van der Waals surface area contributed by atoms with Crippen LogP contribution in [0.1, 0.15) is 35.5 Å². The highest BCUT2D eigenvalue weighted by Gasteiger charge is 2.31. The fraction of sp³-hybridized carbons (Fsp3) is 0.269. The zero-order valence-electron chi connectivity index (χ0n) is 20.4. The number of alkyl halides is 3. The Kier molecular flexibility index (Phi) is 8.68. The van der Waals surface area contributed by atoms with Gasteiger partial charge in [0.25, 0.3) is 0 Å². The van der Waals surface area contributed by atoms with Gasteiger partial charge in [0.05, 0.1) is 25.5 Å². The van der Waals surface area contributed by atoms with Crippen molar-refractivity contribution in [3.63, 3.8) is 0 Å². The van der Waals surface area contributed by atoms with Gasteiger partial charge in [-0.25, -0.2) is 4.39 Å². The van der Waals surface area contributed by atoms with E-state index in [-0.39, 0.29) is 30.1 Å². The lowest BCUT2D eigenvalue weighted by Gasteiger charge is -2.17. The Labute approximate surface area is 211 Å². The van der Waals surface area contributed by atoms with Crippen LogP contribution in [-0.2, 0) is 24.8 Å². The summed E-state index contributed by atoms with van der Waals surface area (Å²) in [7, 11) is 3.12. The third-order valence-electron chi connectivity index (χ3n) is 5.45. The van der Waals surface area contributed by atoms with Crippen molar-refractivity contribution in [3.05, 3.63) is 88.6 Å². The maximum Gasteiger partial charge on any atom is 0.430 e. The summed E-state index contributed by atoms with van der Waals surface area (Å²) in [6.07, 6.45) is -4.82. The molecule has 1 atom stereocenters. The number of hydrogen-bond donors (Lipinski definition) is 1. The van der Waals surface area contributed by atoms with E-state index in [9.17, 15) is 17.6 Å². The molecule has 0 spiro atoms. The van der Waals surface area contributed by atoms with Crippen molar-refractivity contribution >= 4 is 11.4 Å². The third kappa shape index (κ3) is 7.41. The van der Waals surface area contributed by atoms with Crippen LogP contribution >= 0.6 is 0 Å². The van der Waals surface area contributed by atoms with Gasteiger partial charge >= 0.3 is 6.18 Å². The van der Waals surface area contributed by atoms with E-state index in [0.29, 0.717) is 17.0 Å². The summed E-state index contributed by atoms with van der Waals surface area (Å²) in [6, 6.07) is 14.3. The number of aryl methyl sites for hydroxylation is 1. The standard InChI is InChI=1S/C26H25F4N5O2/c1-16(37-15-17-4-7-22(36-3)8-5-17)23-10-18(27)6-9-24(23)33-19(13-25(32)26(28,29)30)11-21-12-20(14-31)34-35(21)2/h4-10,12-13,16H,11,15,32H2,1-3H3/t16-/m1/s1. The highest BCUT2D eigenvalue weighted by atomic mass is 19.4. The molecule has 2 N–H and O–H groups in total. The maximum atomic E-state index is 14.2. The molecule has 1 heterocycles. The first-order valence-electron chi connectivity index (χ1n) is 11.1. The highest BCUT2D eigenvalue weighted by molar-refractivity contribution is 5.98. The predicted octanol–water partition coefficient (Wildman–Crippen LogP) is 5.44. The SMILES string of the molecule is COc1ccc(CO[C@H](C)c2cc(F)ccc2N=C(C=C(N)C(F)(F)F)Cc2cc(C#N)nn2C)cc1. The Hall–Kier alpha value is -4.17. The van der Waals surface area contributed by atoms with Crippen molar-refractivity contribution < 1.29 is 27.0 Å². The van der Waals surface area contributed by atoms with E-state index in [0.717, 1.165) is 17.7 Å². The summed E-state index contributed by atoms with van der Waals surface area (Å²) in [5.41, 5.74) is 5.81. The zero-order valence-corrected chi connectivity index (χ0v) is 20.4. The molecule has 1 aromatic heterocycles. The van der Waals surface area contributed by atoms with Crippen molar-refractivity contribution in [2.24, 2.45) is 17.8 Å². The number of aromatic nitrogens is 2. The van der Waals surface area contributed by atoms with Gasteiger partial charge in [0.2, 0.25) is 0 Å². The number of halogens is 4. The first-order valence-corrected chi connectivity index (χ1v) is 11.1. The molecule has 7 nitrogen and oxygen atoms in total. The molecule has 37 heavy (non-hydrogen) atoms. The van der Waals surface area contributed by atoms with Gasteiger partial charge < -0.3 is 15.2 Å². The second-order valence-corrected chi connectivity index (χ2v) is 8.14. The topological polar surface area (TPSA) is 98.4 Å². The van der Waals surface area contributed by atoms with Crippen LogP contribution in [0.2, 0.25) is 0 Å². The lowest BCUT2D eigenvalue weighted by atomic mass is 10.1. The van der Waals surface area contributed by atoms with Crippen LogP contribution < -0.4 is 10.5 Å². The summed E-state index contributed by atoms with van der Waals surface area (Å²) in [5, 5.41) is 13.1. The van der Waals surface area contributed by atoms with Crippen molar-refractivity contribution in [1.29, 1.82) is 5.26 Å². The third-order valence-corrected chi connectivity index (χ3v) is 5.45. The number of aliphatic imine (C=N–C) groups is 1. The molecule has 0 saturated carbocycles. The van der Waals surface area contributed by atoms with Crippen molar-refractivity contribution in [2.45, 2.75) is 32.2 Å². The Balaban J connectivity index is 1.96. The normalized spacial score (nSPS) is 13.4. The molecule has 3 rings (SSSR count). The summed E-state index contributed by atoms with van der Waals surface area (Å²) < 4.78 is 66.2. The van der Waals surface area contributed by atoms with E-state index in [1.54, 1.807) is 33.2 Å². The molecule has 0 aliphatic carbocycles. The number of nitrogens with two attached hydrogens (primary N) is 1. The largest absolute Gasteiger partial charge is 0.497 e. The van der Waals surface area contributed by atoms with Gasteiger partial charge in [-0.1, -0.05) is 12.1 Å². The van der Waals surface area contributed by atoms with Crippen molar-refractivity contribution in [1.82, 2.24) is 9.78 Å². The van der Waals surface area contributed by atoms with Crippen molar-refractivity contribution in [3.8, 4) is 11.8 Å². The van der Waals surface area contributed by atoms with Gasteiger partial charge in [0.1, 0.15) is 23.3 Å². The van der Waals surface area contributed by atoms with Gasteiger partial charge in [-0.05, 0) is 55.0 Å². The second-order valence-electron chi connectivity index (χ2n) is 8.14. The number of nitrogens with zero attached hydrogens (tertiary/aromatic N) is 4. The Morgan fingerprint density at radius 1 is 1.22 bits per heavy atom. The summed E-state index contributed by atoms with van der Waals surface area (Å²) in [5.74, 6) is 0.138. The molecule has 0 aliphatic rings. The number of hydrogen-bond acceptors (Lipinski definition) is 6. The molecule has 0 aliphatic heterocycles. The summed E-state index contributed by atoms with van der Waals surface area (Å²) in [4.78, 5) is 4.40. The van der Waals surface area contributed by atoms with Crippen molar-refractivity contribution in [2.75, 3.05) is 7.11 Å². The van der Waals surface area contributed by atoms with Gasteiger partial charge in [-0.2, -0.15) is 23.5 Å². The van der Waals surface area contributed by atoms with E-state index in [1.165, 1.54) is 22.9 Å². The molecule has 2 aromatic carbocycles. The van der Waals surface area contributed by atoms with E-state index in [2.05, 4.69) is 10.1 Å². The monoisotopic (exact) mass is 515 g/mol. The Bertz CT molecular complexity index is 1340. The number of rotatable bonds is 9. The number of ether oxygens (including phenoxy) is 2. The molecule has 11 heteroatoms. The smallest absolute Gasteiger partial charge is 0.430 e. The Morgan fingerprint density at radius 2 is 1.92 bits per heavy atom. The van der Waals surface area contributed by atoms with Gasteiger partial charge in [0.15, 0.2) is 5.69 Å². The second kappa shape index (κ2) is 11.7. The van der Waals surface area contributed by atoms with Crippen LogP contribution in [-0.4, -0.2) is 28.8 Å². The van der Waals surface area contributed by atoms with Crippen LogP contribution in [0.15, 0.2) is 65.3 Å².